The first kappa shape index (κ1) is 11.5. The Labute approximate surface area is 91.5 Å². The molecule has 0 amide bonds. The standard InChI is InChI=1S/C12H18ClN/c1-9(2)14-12(3,4)10-6-5-7-11(13)8-10/h5-9,14H,1-4H3. The van der Waals surface area contributed by atoms with Crippen molar-refractivity contribution in [1.82, 2.24) is 5.32 Å². The molecule has 1 aromatic carbocycles. The van der Waals surface area contributed by atoms with Crippen LogP contribution in [0.25, 0.3) is 0 Å². The Balaban J connectivity index is 2.91. The summed E-state index contributed by atoms with van der Waals surface area (Å²) in [6.45, 7) is 8.62. The largest absolute Gasteiger partial charge is 0.306 e. The summed E-state index contributed by atoms with van der Waals surface area (Å²) < 4.78 is 0. The molecule has 0 unspecified atom stereocenters. The highest BCUT2D eigenvalue weighted by atomic mass is 35.5. The van der Waals surface area contributed by atoms with Crippen LogP contribution in [0.3, 0.4) is 0 Å². The van der Waals surface area contributed by atoms with Gasteiger partial charge in [-0.15, -0.1) is 0 Å². The minimum absolute atomic E-state index is 0.0287. The van der Waals surface area contributed by atoms with E-state index in [2.05, 4.69) is 39.1 Å². The summed E-state index contributed by atoms with van der Waals surface area (Å²) >= 11 is 5.96. The van der Waals surface area contributed by atoms with Crippen LogP contribution in [0, 0.1) is 0 Å². The first-order valence-electron chi connectivity index (χ1n) is 4.95. The Hall–Kier alpha value is -0.530. The maximum atomic E-state index is 5.96. The van der Waals surface area contributed by atoms with Crippen molar-refractivity contribution >= 4 is 11.6 Å². The van der Waals surface area contributed by atoms with Gasteiger partial charge in [0.15, 0.2) is 0 Å². The molecule has 0 fully saturated rings. The molecule has 0 aliphatic heterocycles. The van der Waals surface area contributed by atoms with Crippen LogP contribution in [0.15, 0.2) is 24.3 Å². The van der Waals surface area contributed by atoms with Crippen LogP contribution in [-0.2, 0) is 5.54 Å². The zero-order valence-corrected chi connectivity index (χ0v) is 10.0. The highest BCUT2D eigenvalue weighted by Gasteiger charge is 2.20. The van der Waals surface area contributed by atoms with E-state index in [9.17, 15) is 0 Å². The van der Waals surface area contributed by atoms with Crippen molar-refractivity contribution in [1.29, 1.82) is 0 Å². The molecule has 1 nitrogen and oxygen atoms in total. The molecule has 0 saturated carbocycles. The number of benzene rings is 1. The summed E-state index contributed by atoms with van der Waals surface area (Å²) in [6.07, 6.45) is 0. The van der Waals surface area contributed by atoms with E-state index < -0.39 is 0 Å². The predicted octanol–water partition coefficient (Wildman–Crippen LogP) is 3.57. The molecule has 0 radical (unpaired) electrons. The highest BCUT2D eigenvalue weighted by Crippen LogP contribution is 2.23. The zero-order chi connectivity index (χ0) is 10.8. The molecule has 0 heterocycles. The van der Waals surface area contributed by atoms with Gasteiger partial charge in [-0.05, 0) is 31.5 Å². The second-order valence-corrected chi connectivity index (χ2v) is 4.87. The number of halogens is 1. The van der Waals surface area contributed by atoms with E-state index in [0.29, 0.717) is 6.04 Å². The predicted molar refractivity (Wildman–Crippen MR) is 62.7 cm³/mol. The molecule has 0 saturated heterocycles. The minimum atomic E-state index is -0.0287. The Bertz CT molecular complexity index is 305. The third-order valence-corrected chi connectivity index (χ3v) is 2.43. The van der Waals surface area contributed by atoms with Gasteiger partial charge in [-0.25, -0.2) is 0 Å². The lowest BCUT2D eigenvalue weighted by atomic mass is 9.93. The van der Waals surface area contributed by atoms with Crippen LogP contribution >= 0.6 is 11.6 Å². The van der Waals surface area contributed by atoms with Gasteiger partial charge in [-0.2, -0.15) is 0 Å². The summed E-state index contributed by atoms with van der Waals surface area (Å²) in [5.41, 5.74) is 1.19. The van der Waals surface area contributed by atoms with E-state index in [4.69, 9.17) is 11.6 Å². The monoisotopic (exact) mass is 211 g/mol. The van der Waals surface area contributed by atoms with Gasteiger partial charge >= 0.3 is 0 Å². The van der Waals surface area contributed by atoms with Gasteiger partial charge in [0.2, 0.25) is 0 Å². The third kappa shape index (κ3) is 3.00. The Morgan fingerprint density at radius 1 is 1.29 bits per heavy atom. The Morgan fingerprint density at radius 2 is 1.93 bits per heavy atom. The number of rotatable bonds is 3. The number of nitrogens with one attached hydrogen (secondary N) is 1. The van der Waals surface area contributed by atoms with Gasteiger partial charge in [0, 0.05) is 16.6 Å². The van der Waals surface area contributed by atoms with Crippen molar-refractivity contribution in [2.75, 3.05) is 0 Å². The van der Waals surface area contributed by atoms with Crippen molar-refractivity contribution in [3.05, 3.63) is 34.9 Å². The van der Waals surface area contributed by atoms with Gasteiger partial charge in [-0.1, -0.05) is 37.6 Å². The fraction of sp³-hybridized carbons (Fsp3) is 0.500. The smallest absolute Gasteiger partial charge is 0.0409 e. The summed E-state index contributed by atoms with van der Waals surface area (Å²) in [5.74, 6) is 0. The molecule has 0 aliphatic rings. The maximum Gasteiger partial charge on any atom is 0.0409 e. The molecule has 2 heteroatoms. The normalized spacial score (nSPS) is 12.1. The first-order valence-corrected chi connectivity index (χ1v) is 5.33. The highest BCUT2D eigenvalue weighted by molar-refractivity contribution is 6.30. The maximum absolute atomic E-state index is 5.96. The molecular formula is C12H18ClN. The fourth-order valence-electron chi connectivity index (χ4n) is 1.68. The molecule has 0 atom stereocenters. The molecule has 0 bridgehead atoms. The lowest BCUT2D eigenvalue weighted by Gasteiger charge is -2.29. The molecule has 0 aromatic heterocycles. The lowest BCUT2D eigenvalue weighted by Crippen LogP contribution is -2.40. The molecule has 0 aliphatic carbocycles. The van der Waals surface area contributed by atoms with E-state index >= 15 is 0 Å². The van der Waals surface area contributed by atoms with Crippen molar-refractivity contribution in [3.8, 4) is 0 Å². The molecular weight excluding hydrogens is 194 g/mol. The van der Waals surface area contributed by atoms with Crippen LogP contribution in [-0.4, -0.2) is 6.04 Å². The summed E-state index contributed by atoms with van der Waals surface area (Å²) in [7, 11) is 0. The number of hydrogen-bond acceptors (Lipinski definition) is 1. The first-order chi connectivity index (χ1) is 6.42. The molecule has 1 N–H and O–H groups in total. The van der Waals surface area contributed by atoms with Crippen LogP contribution < -0.4 is 5.32 Å². The van der Waals surface area contributed by atoms with Crippen molar-refractivity contribution in [2.24, 2.45) is 0 Å². The van der Waals surface area contributed by atoms with Crippen LogP contribution in [0.2, 0.25) is 5.02 Å². The second-order valence-electron chi connectivity index (χ2n) is 4.43. The molecule has 1 aromatic rings. The average molecular weight is 212 g/mol. The van der Waals surface area contributed by atoms with Gasteiger partial charge in [0.25, 0.3) is 0 Å². The van der Waals surface area contributed by atoms with Crippen molar-refractivity contribution in [3.63, 3.8) is 0 Å². The van der Waals surface area contributed by atoms with E-state index in [-0.39, 0.29) is 5.54 Å². The number of hydrogen-bond donors (Lipinski definition) is 1. The van der Waals surface area contributed by atoms with Crippen molar-refractivity contribution < 1.29 is 0 Å². The van der Waals surface area contributed by atoms with E-state index in [1.807, 2.05) is 18.2 Å². The van der Waals surface area contributed by atoms with Crippen LogP contribution in [0.5, 0.6) is 0 Å². The van der Waals surface area contributed by atoms with E-state index in [1.54, 1.807) is 0 Å². The topological polar surface area (TPSA) is 12.0 Å². The van der Waals surface area contributed by atoms with Crippen LogP contribution in [0.1, 0.15) is 33.3 Å². The fourth-order valence-corrected chi connectivity index (χ4v) is 1.87. The van der Waals surface area contributed by atoms with Crippen LogP contribution in [0.4, 0.5) is 0 Å². The summed E-state index contributed by atoms with van der Waals surface area (Å²) in [5, 5.41) is 4.30. The lowest BCUT2D eigenvalue weighted by molar-refractivity contribution is 0.366. The Morgan fingerprint density at radius 3 is 2.43 bits per heavy atom. The summed E-state index contributed by atoms with van der Waals surface area (Å²) in [6, 6.07) is 8.46. The quantitative estimate of drug-likeness (QED) is 0.806. The van der Waals surface area contributed by atoms with Gasteiger partial charge < -0.3 is 5.32 Å². The minimum Gasteiger partial charge on any atom is -0.306 e. The SMILES string of the molecule is CC(C)NC(C)(C)c1cccc(Cl)c1. The zero-order valence-electron chi connectivity index (χ0n) is 9.26. The van der Waals surface area contributed by atoms with Gasteiger partial charge in [0.05, 0.1) is 0 Å². The third-order valence-electron chi connectivity index (χ3n) is 2.20. The summed E-state index contributed by atoms with van der Waals surface area (Å²) in [4.78, 5) is 0. The molecule has 1 rings (SSSR count). The molecule has 0 spiro atoms. The average Bonchev–Trinajstić information content (AvgIpc) is 2.01. The molecule has 78 valence electrons. The Kier molecular flexibility index (Phi) is 3.57. The molecule has 14 heavy (non-hydrogen) atoms. The van der Waals surface area contributed by atoms with Gasteiger partial charge in [-0.3, -0.25) is 0 Å². The van der Waals surface area contributed by atoms with Crippen molar-refractivity contribution in [2.45, 2.75) is 39.3 Å². The van der Waals surface area contributed by atoms with E-state index in [0.717, 1.165) is 5.02 Å². The van der Waals surface area contributed by atoms with Gasteiger partial charge in [0.1, 0.15) is 0 Å². The second kappa shape index (κ2) is 4.33. The van der Waals surface area contributed by atoms with E-state index in [1.165, 1.54) is 5.56 Å².